The Hall–Kier alpha value is -1.36. The van der Waals surface area contributed by atoms with Crippen LogP contribution in [0.2, 0.25) is 0 Å². The first kappa shape index (κ1) is 14.1. The van der Waals surface area contributed by atoms with Crippen LogP contribution in [0.3, 0.4) is 0 Å². The lowest BCUT2D eigenvalue weighted by molar-refractivity contribution is -0.118. The molecule has 5 heteroatoms. The molecule has 1 unspecified atom stereocenters. The number of hydrogen-bond donors (Lipinski definition) is 2. The first-order valence-electron chi connectivity index (χ1n) is 6.70. The number of hydrogen-bond acceptors (Lipinski definition) is 3. The van der Waals surface area contributed by atoms with E-state index in [1.807, 2.05) is 6.07 Å². The van der Waals surface area contributed by atoms with Crippen molar-refractivity contribution >= 4 is 23.2 Å². The zero-order valence-corrected chi connectivity index (χ0v) is 12.2. The minimum absolute atomic E-state index is 0.0302. The molecule has 19 heavy (non-hydrogen) atoms. The van der Waals surface area contributed by atoms with Crippen LogP contribution in [0, 0.1) is 5.92 Å². The molecule has 0 saturated heterocycles. The summed E-state index contributed by atoms with van der Waals surface area (Å²) in [6.07, 6.45) is 3.41. The van der Waals surface area contributed by atoms with Gasteiger partial charge in [-0.1, -0.05) is 6.92 Å². The summed E-state index contributed by atoms with van der Waals surface area (Å²) in [5.74, 6) is 0.616. The number of nitrogens with one attached hydrogen (secondary N) is 2. The van der Waals surface area contributed by atoms with Crippen molar-refractivity contribution in [3.63, 3.8) is 0 Å². The highest BCUT2D eigenvalue weighted by molar-refractivity contribution is 7.14. The molecule has 2 N–H and O–H groups in total. The van der Waals surface area contributed by atoms with Crippen LogP contribution in [0.15, 0.2) is 6.07 Å². The highest BCUT2D eigenvalue weighted by Gasteiger charge is 2.20. The van der Waals surface area contributed by atoms with Crippen molar-refractivity contribution in [2.75, 3.05) is 13.1 Å². The molecule has 0 aliphatic heterocycles. The Morgan fingerprint density at radius 3 is 2.84 bits per heavy atom. The molecule has 0 spiro atoms. The lowest BCUT2D eigenvalue weighted by atomic mass is 9.90. The quantitative estimate of drug-likeness (QED) is 0.825. The molecule has 104 valence electrons. The summed E-state index contributed by atoms with van der Waals surface area (Å²) < 4.78 is 0. The summed E-state index contributed by atoms with van der Waals surface area (Å²) in [4.78, 5) is 24.8. The van der Waals surface area contributed by atoms with E-state index in [0.29, 0.717) is 13.1 Å². The zero-order chi connectivity index (χ0) is 13.8. The average molecular weight is 280 g/mol. The summed E-state index contributed by atoms with van der Waals surface area (Å²) in [5.41, 5.74) is 1.34. The molecule has 1 heterocycles. The summed E-state index contributed by atoms with van der Waals surface area (Å²) in [6, 6.07) is 2.03. The summed E-state index contributed by atoms with van der Waals surface area (Å²) in [5, 5.41) is 5.49. The van der Waals surface area contributed by atoms with E-state index in [4.69, 9.17) is 0 Å². The van der Waals surface area contributed by atoms with Crippen molar-refractivity contribution in [2.24, 2.45) is 5.92 Å². The molecule has 2 rings (SSSR count). The highest BCUT2D eigenvalue weighted by Crippen LogP contribution is 2.32. The largest absolute Gasteiger partial charge is 0.355 e. The first-order chi connectivity index (χ1) is 9.06. The number of amides is 2. The third-order valence-corrected chi connectivity index (χ3v) is 4.57. The third-order valence-electron chi connectivity index (χ3n) is 3.34. The fourth-order valence-electron chi connectivity index (χ4n) is 2.32. The van der Waals surface area contributed by atoms with Gasteiger partial charge in [0.15, 0.2) is 0 Å². The van der Waals surface area contributed by atoms with E-state index in [9.17, 15) is 9.59 Å². The van der Waals surface area contributed by atoms with Crippen LogP contribution in [-0.2, 0) is 17.6 Å². The van der Waals surface area contributed by atoms with Gasteiger partial charge < -0.3 is 10.6 Å². The van der Waals surface area contributed by atoms with E-state index in [1.54, 1.807) is 11.3 Å². The SMILES string of the molecule is CC(=O)NCCNC(=O)c1cc2c(s1)CCC(C)C2. The Bertz CT molecular complexity index is 482. The zero-order valence-electron chi connectivity index (χ0n) is 11.4. The monoisotopic (exact) mass is 280 g/mol. The van der Waals surface area contributed by atoms with Crippen molar-refractivity contribution in [1.29, 1.82) is 0 Å². The van der Waals surface area contributed by atoms with Gasteiger partial charge in [-0.15, -0.1) is 11.3 Å². The molecule has 0 bridgehead atoms. The van der Waals surface area contributed by atoms with E-state index in [2.05, 4.69) is 17.6 Å². The van der Waals surface area contributed by atoms with Crippen molar-refractivity contribution in [1.82, 2.24) is 10.6 Å². The van der Waals surface area contributed by atoms with E-state index < -0.39 is 0 Å². The normalized spacial score (nSPS) is 17.7. The smallest absolute Gasteiger partial charge is 0.261 e. The highest BCUT2D eigenvalue weighted by atomic mass is 32.1. The molecule has 0 aromatic carbocycles. The van der Waals surface area contributed by atoms with Gasteiger partial charge in [0.05, 0.1) is 4.88 Å². The molecule has 0 radical (unpaired) electrons. The minimum atomic E-state index is -0.0742. The van der Waals surface area contributed by atoms with E-state index in [1.165, 1.54) is 23.8 Å². The van der Waals surface area contributed by atoms with Gasteiger partial charge in [0, 0.05) is 24.9 Å². The summed E-state index contributed by atoms with van der Waals surface area (Å²) >= 11 is 1.61. The molecule has 1 aromatic rings. The Morgan fingerprint density at radius 1 is 1.37 bits per heavy atom. The van der Waals surface area contributed by atoms with Crippen molar-refractivity contribution in [3.8, 4) is 0 Å². The van der Waals surface area contributed by atoms with Crippen LogP contribution in [-0.4, -0.2) is 24.9 Å². The van der Waals surface area contributed by atoms with E-state index in [-0.39, 0.29) is 11.8 Å². The topological polar surface area (TPSA) is 58.2 Å². The molecule has 1 atom stereocenters. The van der Waals surface area contributed by atoms with Crippen LogP contribution in [0.1, 0.15) is 40.4 Å². The van der Waals surface area contributed by atoms with Gasteiger partial charge in [-0.2, -0.15) is 0 Å². The number of rotatable bonds is 4. The van der Waals surface area contributed by atoms with Gasteiger partial charge in [-0.3, -0.25) is 9.59 Å². The molecule has 0 fully saturated rings. The van der Waals surface area contributed by atoms with Gasteiger partial charge >= 0.3 is 0 Å². The van der Waals surface area contributed by atoms with Gasteiger partial charge in [-0.05, 0) is 36.8 Å². The van der Waals surface area contributed by atoms with Gasteiger partial charge in [0.25, 0.3) is 5.91 Å². The second kappa shape index (κ2) is 6.19. The first-order valence-corrected chi connectivity index (χ1v) is 7.52. The number of aryl methyl sites for hydroxylation is 1. The number of carbonyl (C=O) groups is 2. The van der Waals surface area contributed by atoms with Crippen molar-refractivity contribution in [3.05, 3.63) is 21.4 Å². The Labute approximate surface area is 117 Å². The maximum Gasteiger partial charge on any atom is 0.261 e. The van der Waals surface area contributed by atoms with Crippen molar-refractivity contribution in [2.45, 2.75) is 33.1 Å². The second-order valence-corrected chi connectivity index (χ2v) is 6.28. The minimum Gasteiger partial charge on any atom is -0.355 e. The number of carbonyl (C=O) groups excluding carboxylic acids is 2. The third kappa shape index (κ3) is 3.80. The van der Waals surface area contributed by atoms with Crippen LogP contribution in [0.4, 0.5) is 0 Å². The van der Waals surface area contributed by atoms with Crippen molar-refractivity contribution < 1.29 is 9.59 Å². The lowest BCUT2D eigenvalue weighted by Crippen LogP contribution is -2.33. The fourth-order valence-corrected chi connectivity index (χ4v) is 3.44. The van der Waals surface area contributed by atoms with E-state index in [0.717, 1.165) is 23.6 Å². The second-order valence-electron chi connectivity index (χ2n) is 5.15. The predicted molar refractivity (Wildman–Crippen MR) is 76.5 cm³/mol. The van der Waals surface area contributed by atoms with Gasteiger partial charge in [-0.25, -0.2) is 0 Å². The molecular weight excluding hydrogens is 260 g/mol. The standard InChI is InChI=1S/C14H20N2O2S/c1-9-3-4-12-11(7-9)8-13(19-12)14(18)16-6-5-15-10(2)17/h8-9H,3-7H2,1-2H3,(H,15,17)(H,16,18). The van der Waals surface area contributed by atoms with Crippen LogP contribution in [0.5, 0.6) is 0 Å². The molecule has 4 nitrogen and oxygen atoms in total. The maximum atomic E-state index is 12.0. The molecule has 1 aromatic heterocycles. The van der Waals surface area contributed by atoms with Gasteiger partial charge in [0.1, 0.15) is 0 Å². The Balaban J connectivity index is 1.88. The van der Waals surface area contributed by atoms with Crippen LogP contribution >= 0.6 is 11.3 Å². The molecule has 1 aliphatic rings. The van der Waals surface area contributed by atoms with Gasteiger partial charge in [0.2, 0.25) is 5.91 Å². The Kier molecular flexibility index (Phi) is 4.58. The molecule has 2 amide bonds. The molecule has 0 saturated carbocycles. The summed E-state index contributed by atoms with van der Waals surface area (Å²) in [7, 11) is 0. The summed E-state index contributed by atoms with van der Waals surface area (Å²) in [6.45, 7) is 4.67. The maximum absolute atomic E-state index is 12.0. The van der Waals surface area contributed by atoms with Crippen LogP contribution < -0.4 is 10.6 Å². The number of fused-ring (bicyclic) bond motifs is 1. The molecular formula is C14H20N2O2S. The average Bonchev–Trinajstić information content (AvgIpc) is 2.77. The number of thiophene rings is 1. The predicted octanol–water partition coefficient (Wildman–Crippen LogP) is 1.74. The Morgan fingerprint density at radius 2 is 2.11 bits per heavy atom. The molecule has 1 aliphatic carbocycles. The van der Waals surface area contributed by atoms with E-state index >= 15 is 0 Å². The lowest BCUT2D eigenvalue weighted by Gasteiger charge is -2.16. The fraction of sp³-hybridized carbons (Fsp3) is 0.571. The van der Waals surface area contributed by atoms with Crippen LogP contribution in [0.25, 0.3) is 0 Å².